The first kappa shape index (κ1) is 43.8. The van der Waals surface area contributed by atoms with Gasteiger partial charge < -0.3 is 25.1 Å². The van der Waals surface area contributed by atoms with Crippen LogP contribution in [-0.4, -0.2) is 73.3 Å². The summed E-state index contributed by atoms with van der Waals surface area (Å²) in [5, 5.41) is 12.8. The molecule has 0 spiro atoms. The van der Waals surface area contributed by atoms with Crippen LogP contribution in [0.5, 0.6) is 0 Å². The van der Waals surface area contributed by atoms with E-state index in [2.05, 4.69) is 97.7 Å². The van der Waals surface area contributed by atoms with Gasteiger partial charge in [0.1, 0.15) is 23.2 Å². The first-order valence-electron chi connectivity index (χ1n) is 19.8. The van der Waals surface area contributed by atoms with Crippen LogP contribution in [-0.2, 0) is 19.9 Å². The molecule has 1 fully saturated rings. The molecule has 0 saturated carbocycles. The molecule has 2 N–H and O–H groups in total. The van der Waals surface area contributed by atoms with Crippen LogP contribution in [0.25, 0.3) is 22.0 Å². The van der Waals surface area contributed by atoms with Gasteiger partial charge in [0.05, 0.1) is 10.5 Å². The van der Waals surface area contributed by atoms with Crippen LogP contribution in [0.15, 0.2) is 127 Å². The quantitative estimate of drug-likeness (QED) is 0.0724. The number of likely N-dealkylation sites (tertiary alicyclic amines) is 1. The number of piperidine rings is 1. The summed E-state index contributed by atoms with van der Waals surface area (Å²) in [5.41, 5.74) is 4.12. The van der Waals surface area contributed by atoms with Crippen molar-refractivity contribution in [2.45, 2.75) is 51.2 Å². The lowest BCUT2D eigenvalue weighted by molar-refractivity contribution is -0.138. The number of anilines is 1. The normalized spacial score (nSPS) is 13.4. The van der Waals surface area contributed by atoms with Crippen LogP contribution < -0.4 is 10.6 Å². The highest BCUT2D eigenvalue weighted by atomic mass is 35.5. The Morgan fingerprint density at radius 2 is 1.38 bits per heavy atom. The van der Waals surface area contributed by atoms with E-state index < -0.39 is 5.54 Å². The first-order valence-corrected chi connectivity index (χ1v) is 20.2. The predicted molar refractivity (Wildman–Crippen MR) is 235 cm³/mol. The lowest BCUT2D eigenvalue weighted by atomic mass is 9.77. The summed E-state index contributed by atoms with van der Waals surface area (Å²) in [6.45, 7) is 10.4. The number of fused-ring (bicyclic) bond motifs is 1. The molecule has 5 aromatic carbocycles. The SMILES string of the molecule is CC(C)(C)OC=O.CNCCCN1CCC(C=O)CC1.CNc1nn(C(c2ccccc2)(c2ccccc2)c2ccccc2)c2ccc(-c3c(F)cccc3Cl)cc12. The molecule has 58 heavy (non-hydrogen) atoms. The fourth-order valence-corrected chi connectivity index (χ4v) is 7.60. The summed E-state index contributed by atoms with van der Waals surface area (Å²) in [4.78, 5) is 22.6. The predicted octanol–water partition coefficient (Wildman–Crippen LogP) is 9.84. The van der Waals surface area contributed by atoms with Gasteiger partial charge in [-0.25, -0.2) is 9.07 Å². The lowest BCUT2D eigenvalue weighted by Crippen LogP contribution is -2.38. The summed E-state index contributed by atoms with van der Waals surface area (Å²) in [6.07, 6.45) is 4.44. The van der Waals surface area contributed by atoms with E-state index in [0.29, 0.717) is 34.4 Å². The van der Waals surface area contributed by atoms with Crippen LogP contribution in [0.2, 0.25) is 5.02 Å². The Morgan fingerprint density at radius 1 is 0.810 bits per heavy atom. The number of aromatic nitrogens is 2. The maximum atomic E-state index is 14.9. The van der Waals surface area contributed by atoms with Gasteiger partial charge >= 0.3 is 0 Å². The largest absolute Gasteiger partial charge is 0.462 e. The molecule has 0 aliphatic carbocycles. The van der Waals surface area contributed by atoms with Crippen molar-refractivity contribution in [3.8, 4) is 11.1 Å². The van der Waals surface area contributed by atoms with Crippen LogP contribution in [0, 0.1) is 11.7 Å². The van der Waals surface area contributed by atoms with Crippen molar-refractivity contribution in [1.82, 2.24) is 20.0 Å². The van der Waals surface area contributed by atoms with E-state index in [4.69, 9.17) is 16.7 Å². The van der Waals surface area contributed by atoms with Crippen molar-refractivity contribution >= 4 is 41.1 Å². The van der Waals surface area contributed by atoms with Gasteiger partial charge in [-0.05, 0) is 120 Å². The third-order valence-corrected chi connectivity index (χ3v) is 10.5. The van der Waals surface area contributed by atoms with E-state index in [-0.39, 0.29) is 11.4 Å². The molecule has 0 amide bonds. The van der Waals surface area contributed by atoms with Crippen LogP contribution in [0.3, 0.4) is 0 Å². The molecule has 6 aromatic rings. The van der Waals surface area contributed by atoms with Crippen LogP contribution in [0.1, 0.15) is 56.7 Å². The highest BCUT2D eigenvalue weighted by Gasteiger charge is 2.41. The van der Waals surface area contributed by atoms with E-state index in [1.807, 2.05) is 71.3 Å². The molecule has 7 rings (SSSR count). The Labute approximate surface area is 347 Å². The third-order valence-electron chi connectivity index (χ3n) is 10.2. The number of carbonyl (C=O) groups is 2. The standard InChI is InChI=1S/C33H25ClFN3.C10H20N2O.C5H10O2/c1-36-32-27-22-23(31-28(34)18-11-19-29(31)35)20-21-30(27)38(37-32)33(24-12-5-2-6-13-24,25-14-7-3-8-15-25)26-16-9-4-10-17-26;1-11-5-2-6-12-7-3-10(9-13)4-8-12;1-5(2,3)7-4-6/h2-22H,1H3,(H,36,37);9-11H,2-8H2,1H3;4H,1-3H3. The zero-order valence-electron chi connectivity index (χ0n) is 34.1. The maximum absolute atomic E-state index is 14.9. The Kier molecular flexibility index (Phi) is 15.8. The zero-order chi connectivity index (χ0) is 41.5. The Bertz CT molecular complexity index is 2070. The summed E-state index contributed by atoms with van der Waals surface area (Å²) in [6, 6.07) is 41.9. The number of rotatable bonds is 12. The second-order valence-corrected chi connectivity index (χ2v) is 15.7. The summed E-state index contributed by atoms with van der Waals surface area (Å²) >= 11 is 6.43. The summed E-state index contributed by atoms with van der Waals surface area (Å²) in [7, 11) is 3.84. The Hall–Kier alpha value is -5.35. The van der Waals surface area contributed by atoms with Gasteiger partial charge in [0.15, 0.2) is 5.82 Å². The van der Waals surface area contributed by atoms with Crippen molar-refractivity contribution in [2.24, 2.45) is 5.92 Å². The van der Waals surface area contributed by atoms with Gasteiger partial charge in [-0.2, -0.15) is 5.10 Å². The number of nitrogens with one attached hydrogen (secondary N) is 2. The highest BCUT2D eigenvalue weighted by Crippen LogP contribution is 2.44. The second kappa shape index (κ2) is 20.9. The van der Waals surface area contributed by atoms with Gasteiger partial charge in [-0.1, -0.05) is 115 Å². The number of halogens is 2. The molecular formula is C48H55ClFN5O3. The molecule has 0 bridgehead atoms. The highest BCUT2D eigenvalue weighted by molar-refractivity contribution is 6.33. The zero-order valence-corrected chi connectivity index (χ0v) is 34.9. The summed E-state index contributed by atoms with van der Waals surface area (Å²) in [5.74, 6) is 0.671. The minimum absolute atomic E-state index is 0.318. The topological polar surface area (TPSA) is 88.5 Å². The van der Waals surface area contributed by atoms with Crippen molar-refractivity contribution in [3.63, 3.8) is 0 Å². The fourth-order valence-electron chi connectivity index (χ4n) is 7.33. The average Bonchev–Trinajstić information content (AvgIpc) is 3.61. The van der Waals surface area contributed by atoms with Crippen LogP contribution in [0.4, 0.5) is 10.2 Å². The van der Waals surface area contributed by atoms with Crippen molar-refractivity contribution in [2.75, 3.05) is 45.6 Å². The Morgan fingerprint density at radius 3 is 1.83 bits per heavy atom. The molecule has 10 heteroatoms. The van der Waals surface area contributed by atoms with E-state index in [1.165, 1.54) is 19.0 Å². The first-order chi connectivity index (χ1) is 28.1. The van der Waals surface area contributed by atoms with Gasteiger partial charge in [-0.15, -0.1) is 0 Å². The smallest absolute Gasteiger partial charge is 0.293 e. The maximum Gasteiger partial charge on any atom is 0.293 e. The third kappa shape index (κ3) is 10.6. The van der Waals surface area contributed by atoms with Gasteiger partial charge in [-0.3, -0.25) is 4.79 Å². The molecule has 0 atom stereocenters. The number of hydrogen-bond acceptors (Lipinski definition) is 7. The van der Waals surface area contributed by atoms with Gasteiger partial charge in [0, 0.05) is 23.9 Å². The number of nitrogens with zero attached hydrogens (tertiary/aromatic N) is 3. The molecule has 1 saturated heterocycles. The molecule has 1 aromatic heterocycles. The second-order valence-electron chi connectivity index (χ2n) is 15.2. The van der Waals surface area contributed by atoms with Crippen molar-refractivity contribution in [1.29, 1.82) is 0 Å². The van der Waals surface area contributed by atoms with E-state index in [0.717, 1.165) is 66.4 Å². The molecule has 1 aliphatic heterocycles. The average molecular weight is 804 g/mol. The van der Waals surface area contributed by atoms with E-state index >= 15 is 0 Å². The number of carbonyl (C=O) groups excluding carboxylic acids is 2. The molecule has 0 radical (unpaired) electrons. The van der Waals surface area contributed by atoms with Crippen molar-refractivity contribution in [3.05, 3.63) is 155 Å². The lowest BCUT2D eigenvalue weighted by Gasteiger charge is -2.37. The molecular weight excluding hydrogens is 749 g/mol. The number of aldehydes is 1. The molecule has 8 nitrogen and oxygen atoms in total. The molecule has 304 valence electrons. The number of ether oxygens (including phenoxy) is 1. The fraction of sp³-hybridized carbons (Fsp3) is 0.312. The minimum Gasteiger partial charge on any atom is -0.462 e. The van der Waals surface area contributed by atoms with Crippen molar-refractivity contribution < 1.29 is 18.7 Å². The molecule has 0 unspecified atom stereocenters. The van der Waals surface area contributed by atoms with Gasteiger partial charge in [0.25, 0.3) is 6.47 Å². The number of hydrogen-bond donors (Lipinski definition) is 2. The van der Waals surface area contributed by atoms with Crippen LogP contribution >= 0.6 is 11.6 Å². The molecule has 1 aliphatic rings. The Balaban J connectivity index is 0.000000264. The number of benzene rings is 5. The van der Waals surface area contributed by atoms with E-state index in [1.54, 1.807) is 12.1 Å². The summed E-state index contributed by atoms with van der Waals surface area (Å²) < 4.78 is 21.5. The minimum atomic E-state index is -0.770. The molecule has 2 heterocycles. The monoisotopic (exact) mass is 803 g/mol. The van der Waals surface area contributed by atoms with E-state index in [9.17, 15) is 14.0 Å². The van der Waals surface area contributed by atoms with Gasteiger partial charge in [0.2, 0.25) is 0 Å².